The average Bonchev–Trinajstić information content (AvgIpc) is 2.37. The maximum absolute atomic E-state index is 13.0. The minimum absolute atomic E-state index is 0.0671. The monoisotopic (exact) mass is 306 g/mol. The Labute approximate surface area is 119 Å². The fourth-order valence-electron chi connectivity index (χ4n) is 2.35. The lowest BCUT2D eigenvalue weighted by molar-refractivity contribution is -0.184. The molecule has 0 radical (unpaired) electrons. The molecule has 1 fully saturated rings. The molecule has 0 aromatic heterocycles. The average molecular weight is 307 g/mol. The number of halogens is 4. The number of nitrogens with zero attached hydrogens (tertiary/aromatic N) is 1. The topological polar surface area (TPSA) is 46.3 Å². The zero-order chi connectivity index (χ0) is 14.9. The molecule has 2 rings (SSSR count). The first-order valence-electron chi connectivity index (χ1n) is 6.18. The lowest BCUT2D eigenvalue weighted by atomic mass is 9.97. The van der Waals surface area contributed by atoms with Crippen molar-refractivity contribution < 1.29 is 18.0 Å². The lowest BCUT2D eigenvalue weighted by Gasteiger charge is -2.39. The Balaban J connectivity index is 2.31. The van der Waals surface area contributed by atoms with E-state index in [9.17, 15) is 18.0 Å². The van der Waals surface area contributed by atoms with Crippen molar-refractivity contribution in [3.05, 3.63) is 34.9 Å². The number of amides is 1. The highest BCUT2D eigenvalue weighted by atomic mass is 35.5. The van der Waals surface area contributed by atoms with E-state index in [2.05, 4.69) is 0 Å². The van der Waals surface area contributed by atoms with Gasteiger partial charge < -0.3 is 10.6 Å². The summed E-state index contributed by atoms with van der Waals surface area (Å²) in [6.45, 7) is -0.117. The van der Waals surface area contributed by atoms with Gasteiger partial charge in [0.15, 0.2) is 0 Å². The molecule has 0 bridgehead atoms. The normalized spacial score (nSPS) is 23.8. The SMILES string of the molecule is NC1CCC(C(F)(F)F)N(C(=O)c2ccccc2Cl)C1. The van der Waals surface area contributed by atoms with Crippen LogP contribution in [-0.4, -0.2) is 35.6 Å². The molecule has 1 aromatic rings. The lowest BCUT2D eigenvalue weighted by Crippen LogP contribution is -2.56. The largest absolute Gasteiger partial charge is 0.408 e. The smallest absolute Gasteiger partial charge is 0.326 e. The van der Waals surface area contributed by atoms with Gasteiger partial charge in [0.25, 0.3) is 5.91 Å². The molecule has 110 valence electrons. The molecule has 3 nitrogen and oxygen atoms in total. The van der Waals surface area contributed by atoms with E-state index in [-0.39, 0.29) is 30.0 Å². The standard InChI is InChI=1S/C13H14ClF3N2O/c14-10-4-2-1-3-9(10)12(20)19-7-8(18)5-6-11(19)13(15,16)17/h1-4,8,11H,5-7,18H2. The molecule has 0 aliphatic carbocycles. The Kier molecular flexibility index (Phi) is 4.25. The molecule has 2 unspecified atom stereocenters. The molecule has 1 saturated heterocycles. The predicted octanol–water partition coefficient (Wildman–Crippen LogP) is 2.83. The van der Waals surface area contributed by atoms with Crippen LogP contribution in [0.5, 0.6) is 0 Å². The van der Waals surface area contributed by atoms with Crippen LogP contribution in [0.4, 0.5) is 13.2 Å². The van der Waals surface area contributed by atoms with Gasteiger partial charge in [-0.15, -0.1) is 0 Å². The molecule has 2 atom stereocenters. The summed E-state index contributed by atoms with van der Waals surface area (Å²) < 4.78 is 39.1. The van der Waals surface area contributed by atoms with Crippen molar-refractivity contribution in [3.63, 3.8) is 0 Å². The van der Waals surface area contributed by atoms with Gasteiger partial charge in [-0.1, -0.05) is 23.7 Å². The van der Waals surface area contributed by atoms with Crippen LogP contribution in [-0.2, 0) is 0 Å². The number of alkyl halides is 3. The third kappa shape index (κ3) is 3.07. The van der Waals surface area contributed by atoms with E-state index in [1.54, 1.807) is 12.1 Å². The molecule has 1 heterocycles. The Morgan fingerprint density at radius 3 is 2.55 bits per heavy atom. The number of hydrogen-bond acceptors (Lipinski definition) is 2. The van der Waals surface area contributed by atoms with Gasteiger partial charge >= 0.3 is 6.18 Å². The fourth-order valence-corrected chi connectivity index (χ4v) is 2.57. The minimum Gasteiger partial charge on any atom is -0.326 e. The molecule has 20 heavy (non-hydrogen) atoms. The molecule has 1 amide bonds. The molecule has 1 aliphatic rings. The Morgan fingerprint density at radius 1 is 1.30 bits per heavy atom. The van der Waals surface area contributed by atoms with Crippen LogP contribution in [0.1, 0.15) is 23.2 Å². The Bertz CT molecular complexity index is 507. The maximum Gasteiger partial charge on any atom is 0.408 e. The summed E-state index contributed by atoms with van der Waals surface area (Å²) in [6, 6.07) is 3.82. The minimum atomic E-state index is -4.46. The Hall–Kier alpha value is -1.27. The Morgan fingerprint density at radius 2 is 1.95 bits per heavy atom. The molecule has 1 aliphatic heterocycles. The second-order valence-electron chi connectivity index (χ2n) is 4.83. The zero-order valence-electron chi connectivity index (χ0n) is 10.5. The van der Waals surface area contributed by atoms with Gasteiger partial charge in [-0.25, -0.2) is 0 Å². The van der Waals surface area contributed by atoms with Crippen molar-refractivity contribution in [2.75, 3.05) is 6.54 Å². The van der Waals surface area contributed by atoms with Gasteiger partial charge in [0, 0.05) is 12.6 Å². The first-order valence-corrected chi connectivity index (χ1v) is 6.56. The summed E-state index contributed by atoms with van der Waals surface area (Å²) >= 11 is 5.88. The van der Waals surface area contributed by atoms with Crippen LogP contribution < -0.4 is 5.73 Å². The molecule has 0 spiro atoms. The van der Waals surface area contributed by atoms with E-state index >= 15 is 0 Å². The van der Waals surface area contributed by atoms with Gasteiger partial charge in [0.1, 0.15) is 6.04 Å². The van der Waals surface area contributed by atoms with Crippen molar-refractivity contribution >= 4 is 17.5 Å². The number of carbonyl (C=O) groups is 1. The van der Waals surface area contributed by atoms with E-state index in [4.69, 9.17) is 17.3 Å². The van der Waals surface area contributed by atoms with Gasteiger partial charge in [-0.05, 0) is 25.0 Å². The van der Waals surface area contributed by atoms with E-state index in [0.29, 0.717) is 0 Å². The molecular formula is C13H14ClF3N2O. The van der Waals surface area contributed by atoms with Crippen molar-refractivity contribution in [1.29, 1.82) is 0 Å². The van der Waals surface area contributed by atoms with E-state index < -0.39 is 24.2 Å². The highest BCUT2D eigenvalue weighted by molar-refractivity contribution is 6.33. The molecule has 2 N–H and O–H groups in total. The van der Waals surface area contributed by atoms with Crippen molar-refractivity contribution in [2.24, 2.45) is 5.73 Å². The van der Waals surface area contributed by atoms with E-state index in [1.807, 2.05) is 0 Å². The third-order valence-electron chi connectivity index (χ3n) is 3.36. The predicted molar refractivity (Wildman–Crippen MR) is 69.5 cm³/mol. The summed E-state index contributed by atoms with van der Waals surface area (Å²) in [7, 11) is 0. The maximum atomic E-state index is 13.0. The molecule has 0 saturated carbocycles. The van der Waals surface area contributed by atoms with Crippen molar-refractivity contribution in [2.45, 2.75) is 31.1 Å². The molecule has 7 heteroatoms. The van der Waals surface area contributed by atoms with Crippen molar-refractivity contribution in [1.82, 2.24) is 4.90 Å². The van der Waals surface area contributed by atoms with Gasteiger partial charge in [-0.2, -0.15) is 13.2 Å². The zero-order valence-corrected chi connectivity index (χ0v) is 11.3. The number of hydrogen-bond donors (Lipinski definition) is 1. The second-order valence-corrected chi connectivity index (χ2v) is 5.24. The number of rotatable bonds is 1. The quantitative estimate of drug-likeness (QED) is 0.867. The van der Waals surface area contributed by atoms with Crippen LogP contribution in [0, 0.1) is 0 Å². The number of benzene rings is 1. The van der Waals surface area contributed by atoms with Crippen LogP contribution in [0.15, 0.2) is 24.3 Å². The third-order valence-corrected chi connectivity index (χ3v) is 3.69. The van der Waals surface area contributed by atoms with Crippen LogP contribution in [0.2, 0.25) is 5.02 Å². The van der Waals surface area contributed by atoms with Crippen LogP contribution >= 0.6 is 11.6 Å². The van der Waals surface area contributed by atoms with Crippen LogP contribution in [0.25, 0.3) is 0 Å². The fraction of sp³-hybridized carbons (Fsp3) is 0.462. The van der Waals surface area contributed by atoms with Crippen LogP contribution in [0.3, 0.4) is 0 Å². The van der Waals surface area contributed by atoms with E-state index in [1.165, 1.54) is 12.1 Å². The number of piperidine rings is 1. The highest BCUT2D eigenvalue weighted by Crippen LogP contribution is 2.33. The molecule has 1 aromatic carbocycles. The summed E-state index contributed by atoms with van der Waals surface area (Å²) in [5, 5.41) is 0.137. The first kappa shape index (κ1) is 15.1. The van der Waals surface area contributed by atoms with Gasteiger partial charge in [0.05, 0.1) is 10.6 Å². The highest BCUT2D eigenvalue weighted by Gasteiger charge is 2.47. The number of nitrogens with two attached hydrogens (primary N) is 1. The van der Waals surface area contributed by atoms with E-state index in [0.717, 1.165) is 4.90 Å². The van der Waals surface area contributed by atoms with Crippen molar-refractivity contribution in [3.8, 4) is 0 Å². The molecular weight excluding hydrogens is 293 g/mol. The number of likely N-dealkylation sites (tertiary alicyclic amines) is 1. The summed E-state index contributed by atoms with van der Waals surface area (Å²) in [6.07, 6.45) is -4.39. The number of carbonyl (C=O) groups excluding carboxylic acids is 1. The van der Waals surface area contributed by atoms with Gasteiger partial charge in [0.2, 0.25) is 0 Å². The second kappa shape index (κ2) is 5.61. The first-order chi connectivity index (χ1) is 9.30. The van der Waals surface area contributed by atoms with Gasteiger partial charge in [-0.3, -0.25) is 4.79 Å². The summed E-state index contributed by atoms with van der Waals surface area (Å²) in [5.41, 5.74) is 5.76. The summed E-state index contributed by atoms with van der Waals surface area (Å²) in [4.78, 5) is 13.1. The summed E-state index contributed by atoms with van der Waals surface area (Å²) in [5.74, 6) is -0.729.